The average molecular weight is 259 g/mol. The monoisotopic (exact) mass is 259 g/mol. The molecule has 0 radical (unpaired) electrons. The third-order valence-corrected chi connectivity index (χ3v) is 2.54. The largest absolute Gasteiger partial charge is 0.290 e. The summed E-state index contributed by atoms with van der Waals surface area (Å²) in [5.74, 6) is 4.60. The van der Waals surface area contributed by atoms with Crippen LogP contribution in [0.2, 0.25) is 0 Å². The van der Waals surface area contributed by atoms with Crippen molar-refractivity contribution in [2.24, 2.45) is 5.84 Å². The number of hydrogen-bond donors (Lipinski definition) is 2. The third-order valence-electron chi connectivity index (χ3n) is 2.54. The van der Waals surface area contributed by atoms with Crippen molar-refractivity contribution in [1.29, 1.82) is 0 Å². The molecule has 0 spiro atoms. The Hall–Kier alpha value is -2.54. The Morgan fingerprint density at radius 1 is 1.42 bits per heavy atom. The minimum Gasteiger partial charge on any atom is -0.290 e. The number of nitrogen functional groups attached to an aromatic ring is 1. The number of nitrogens with one attached hydrogen (secondary N) is 1. The zero-order chi connectivity index (χ0) is 13.8. The normalized spacial score (nSPS) is 10.2. The molecule has 0 bridgehead atoms. The Morgan fingerprint density at radius 2 is 2.21 bits per heavy atom. The maximum Gasteiger partial charge on any atom is 0.267 e. The minimum atomic E-state index is -0.412. The summed E-state index contributed by atoms with van der Waals surface area (Å²) in [5.41, 5.74) is 3.63. The van der Waals surface area contributed by atoms with Crippen molar-refractivity contribution >= 4 is 5.91 Å². The van der Waals surface area contributed by atoms with Gasteiger partial charge in [0.25, 0.3) is 11.5 Å². The van der Waals surface area contributed by atoms with Gasteiger partial charge in [0, 0.05) is 12.3 Å². The van der Waals surface area contributed by atoms with Crippen LogP contribution in [0.15, 0.2) is 35.4 Å². The Kier molecular flexibility index (Phi) is 3.67. The van der Waals surface area contributed by atoms with Gasteiger partial charge < -0.3 is 0 Å². The number of nitrogens with zero attached hydrogens (tertiary/aromatic N) is 3. The van der Waals surface area contributed by atoms with Gasteiger partial charge in [-0.05, 0) is 24.6 Å². The molecule has 2 rings (SSSR count). The summed E-state index contributed by atoms with van der Waals surface area (Å²) in [6.45, 7) is 2.06. The maximum absolute atomic E-state index is 11.7. The van der Waals surface area contributed by atoms with Gasteiger partial charge in [0.2, 0.25) is 0 Å². The topological polar surface area (TPSA) is 103 Å². The van der Waals surface area contributed by atoms with E-state index in [9.17, 15) is 9.59 Å². The Labute approximate surface area is 109 Å². The van der Waals surface area contributed by atoms with Gasteiger partial charge in [-0.1, -0.05) is 0 Å². The highest BCUT2D eigenvalue weighted by Gasteiger charge is 2.05. The number of carbonyl (C=O) groups excluding carboxylic acids is 1. The average Bonchev–Trinajstić information content (AvgIpc) is 2.42. The summed E-state index contributed by atoms with van der Waals surface area (Å²) in [6.07, 6.45) is 3.01. The number of aryl methyl sites for hydroxylation is 1. The van der Waals surface area contributed by atoms with E-state index in [1.54, 1.807) is 25.3 Å². The lowest BCUT2D eigenvalue weighted by Gasteiger charge is -2.05. The molecular weight excluding hydrogens is 246 g/mol. The van der Waals surface area contributed by atoms with Crippen LogP contribution in [0.25, 0.3) is 0 Å². The molecule has 7 heteroatoms. The fraction of sp³-hybridized carbons (Fsp3) is 0.167. The maximum atomic E-state index is 11.7. The van der Waals surface area contributed by atoms with Crippen LogP contribution in [0.4, 0.5) is 0 Å². The minimum absolute atomic E-state index is 0.189. The number of hydrogen-bond acceptors (Lipinski definition) is 5. The molecule has 98 valence electrons. The summed E-state index contributed by atoms with van der Waals surface area (Å²) in [5, 5.41) is 4.01. The highest BCUT2D eigenvalue weighted by Crippen LogP contribution is 2.01. The lowest BCUT2D eigenvalue weighted by molar-refractivity contribution is 0.0953. The standard InChI is InChI=1S/C12H13N5O2/c1-8-4-11(18)17(15-5-8)7-10-3-2-9(6-14-10)12(19)16-13/h2-6H,7,13H2,1H3,(H,16,19). The summed E-state index contributed by atoms with van der Waals surface area (Å²) in [4.78, 5) is 27.0. The number of hydrazine groups is 1. The highest BCUT2D eigenvalue weighted by molar-refractivity contribution is 5.93. The quantitative estimate of drug-likeness (QED) is 0.443. The second-order valence-electron chi connectivity index (χ2n) is 4.04. The lowest BCUT2D eigenvalue weighted by atomic mass is 10.2. The molecule has 19 heavy (non-hydrogen) atoms. The van der Waals surface area contributed by atoms with Crippen LogP contribution in [0, 0.1) is 6.92 Å². The van der Waals surface area contributed by atoms with Crippen LogP contribution in [-0.2, 0) is 6.54 Å². The zero-order valence-electron chi connectivity index (χ0n) is 10.3. The molecule has 2 heterocycles. The van der Waals surface area contributed by atoms with Crippen LogP contribution in [0.1, 0.15) is 21.6 Å². The first-order valence-corrected chi connectivity index (χ1v) is 5.60. The lowest BCUT2D eigenvalue weighted by Crippen LogP contribution is -2.30. The third kappa shape index (κ3) is 3.02. The van der Waals surface area contributed by atoms with E-state index in [1.165, 1.54) is 16.9 Å². The molecule has 0 aliphatic heterocycles. The Morgan fingerprint density at radius 3 is 2.79 bits per heavy atom. The molecule has 0 saturated heterocycles. The Bertz CT molecular complexity index is 648. The van der Waals surface area contributed by atoms with Crippen LogP contribution in [0.3, 0.4) is 0 Å². The van der Waals surface area contributed by atoms with Gasteiger partial charge in [-0.15, -0.1) is 0 Å². The van der Waals surface area contributed by atoms with E-state index >= 15 is 0 Å². The van der Waals surface area contributed by atoms with Crippen LogP contribution in [0.5, 0.6) is 0 Å². The number of amides is 1. The smallest absolute Gasteiger partial charge is 0.267 e. The van der Waals surface area contributed by atoms with Crippen LogP contribution < -0.4 is 16.8 Å². The van der Waals surface area contributed by atoms with Gasteiger partial charge in [-0.3, -0.25) is 20.0 Å². The van der Waals surface area contributed by atoms with Gasteiger partial charge >= 0.3 is 0 Å². The molecule has 0 fully saturated rings. The molecule has 0 aliphatic rings. The molecular formula is C12H13N5O2. The van der Waals surface area contributed by atoms with Crippen molar-refractivity contribution in [3.63, 3.8) is 0 Å². The first-order chi connectivity index (χ1) is 9.10. The molecule has 0 aromatic carbocycles. The van der Waals surface area contributed by atoms with E-state index in [0.717, 1.165) is 5.56 Å². The second kappa shape index (κ2) is 5.40. The van der Waals surface area contributed by atoms with Gasteiger partial charge in [0.05, 0.1) is 24.0 Å². The summed E-state index contributed by atoms with van der Waals surface area (Å²) < 4.78 is 1.30. The zero-order valence-corrected chi connectivity index (χ0v) is 10.3. The van der Waals surface area contributed by atoms with E-state index < -0.39 is 5.91 Å². The number of pyridine rings is 1. The first-order valence-electron chi connectivity index (χ1n) is 5.60. The summed E-state index contributed by atoms with van der Waals surface area (Å²) >= 11 is 0. The predicted octanol–water partition coefficient (Wildman–Crippen LogP) is -0.401. The molecule has 2 aromatic rings. The number of aromatic nitrogens is 3. The van der Waals surface area contributed by atoms with Crippen LogP contribution >= 0.6 is 0 Å². The van der Waals surface area contributed by atoms with E-state index in [-0.39, 0.29) is 12.1 Å². The van der Waals surface area contributed by atoms with Crippen molar-refractivity contribution in [1.82, 2.24) is 20.2 Å². The first kappa shape index (κ1) is 12.9. The summed E-state index contributed by atoms with van der Waals surface area (Å²) in [6, 6.07) is 4.74. The molecule has 0 saturated carbocycles. The van der Waals surface area contributed by atoms with Crippen molar-refractivity contribution in [2.45, 2.75) is 13.5 Å². The molecule has 2 aromatic heterocycles. The van der Waals surface area contributed by atoms with Crippen molar-refractivity contribution in [2.75, 3.05) is 0 Å². The predicted molar refractivity (Wildman–Crippen MR) is 68.2 cm³/mol. The number of nitrogens with two attached hydrogens (primary N) is 1. The summed E-state index contributed by atoms with van der Waals surface area (Å²) in [7, 11) is 0. The molecule has 0 atom stereocenters. The fourth-order valence-electron chi connectivity index (χ4n) is 1.53. The number of rotatable bonds is 3. The number of carbonyl (C=O) groups is 1. The van der Waals surface area contributed by atoms with Gasteiger partial charge in [-0.2, -0.15) is 5.10 Å². The SMILES string of the molecule is Cc1cnn(Cc2ccc(C(=O)NN)cn2)c(=O)c1. The van der Waals surface area contributed by atoms with Crippen molar-refractivity contribution < 1.29 is 4.79 Å². The molecule has 7 nitrogen and oxygen atoms in total. The van der Waals surface area contributed by atoms with Crippen molar-refractivity contribution in [3.8, 4) is 0 Å². The second-order valence-corrected chi connectivity index (χ2v) is 4.04. The van der Waals surface area contributed by atoms with Gasteiger partial charge in [0.15, 0.2) is 0 Å². The van der Waals surface area contributed by atoms with Gasteiger partial charge in [0.1, 0.15) is 0 Å². The molecule has 0 aliphatic carbocycles. The fourth-order valence-corrected chi connectivity index (χ4v) is 1.53. The molecule has 1 amide bonds. The molecule has 3 N–H and O–H groups in total. The Balaban J connectivity index is 2.20. The van der Waals surface area contributed by atoms with Crippen LogP contribution in [-0.4, -0.2) is 20.7 Å². The van der Waals surface area contributed by atoms with E-state index in [1.807, 2.05) is 5.43 Å². The van der Waals surface area contributed by atoms with E-state index in [0.29, 0.717) is 11.3 Å². The van der Waals surface area contributed by atoms with Crippen molar-refractivity contribution in [3.05, 3.63) is 57.8 Å². The van der Waals surface area contributed by atoms with E-state index in [2.05, 4.69) is 10.1 Å². The van der Waals surface area contributed by atoms with Gasteiger partial charge in [-0.25, -0.2) is 10.5 Å². The molecule has 0 unspecified atom stereocenters. The highest BCUT2D eigenvalue weighted by atomic mass is 16.2. The van der Waals surface area contributed by atoms with E-state index in [4.69, 9.17) is 5.84 Å².